The SMILES string of the molecule is Cc1cc(C(=O)Nc2ccc(O)c(Cl)c2)ccc1N. The van der Waals surface area contributed by atoms with E-state index in [4.69, 9.17) is 17.3 Å². The molecule has 19 heavy (non-hydrogen) atoms. The number of hydrogen-bond donors (Lipinski definition) is 3. The molecule has 2 rings (SSSR count). The average Bonchev–Trinajstić information content (AvgIpc) is 2.37. The van der Waals surface area contributed by atoms with Crippen molar-refractivity contribution in [2.24, 2.45) is 0 Å². The highest BCUT2D eigenvalue weighted by atomic mass is 35.5. The second-order valence-electron chi connectivity index (χ2n) is 4.19. The molecule has 5 heteroatoms. The molecule has 0 bridgehead atoms. The molecule has 2 aromatic rings. The fourth-order valence-corrected chi connectivity index (χ4v) is 1.79. The smallest absolute Gasteiger partial charge is 0.255 e. The number of halogens is 1. The Bertz CT molecular complexity index is 641. The van der Waals surface area contributed by atoms with Crippen LogP contribution in [0.25, 0.3) is 0 Å². The predicted molar refractivity (Wildman–Crippen MR) is 76.7 cm³/mol. The average molecular weight is 277 g/mol. The summed E-state index contributed by atoms with van der Waals surface area (Å²) < 4.78 is 0. The number of benzene rings is 2. The third-order valence-electron chi connectivity index (χ3n) is 2.74. The van der Waals surface area contributed by atoms with Crippen LogP contribution < -0.4 is 11.1 Å². The summed E-state index contributed by atoms with van der Waals surface area (Å²) in [6, 6.07) is 9.54. The van der Waals surface area contributed by atoms with Crippen molar-refractivity contribution in [1.82, 2.24) is 0 Å². The Morgan fingerprint density at radius 1 is 1.26 bits per heavy atom. The van der Waals surface area contributed by atoms with Crippen molar-refractivity contribution >= 4 is 28.9 Å². The number of aromatic hydroxyl groups is 1. The molecule has 0 radical (unpaired) electrons. The molecule has 0 aliphatic rings. The van der Waals surface area contributed by atoms with E-state index in [9.17, 15) is 9.90 Å². The van der Waals surface area contributed by atoms with Crippen LogP contribution in [0.4, 0.5) is 11.4 Å². The zero-order chi connectivity index (χ0) is 14.0. The van der Waals surface area contributed by atoms with Gasteiger partial charge in [0.15, 0.2) is 0 Å². The van der Waals surface area contributed by atoms with Gasteiger partial charge in [-0.15, -0.1) is 0 Å². The fraction of sp³-hybridized carbons (Fsp3) is 0.0714. The number of amides is 1. The highest BCUT2D eigenvalue weighted by Gasteiger charge is 2.08. The Kier molecular flexibility index (Phi) is 3.62. The van der Waals surface area contributed by atoms with Crippen LogP contribution in [0, 0.1) is 6.92 Å². The molecule has 0 unspecified atom stereocenters. The number of aryl methyl sites for hydroxylation is 1. The van der Waals surface area contributed by atoms with Crippen LogP contribution in [0.5, 0.6) is 5.75 Å². The maximum atomic E-state index is 12.0. The van der Waals surface area contributed by atoms with Crippen molar-refractivity contribution in [2.75, 3.05) is 11.1 Å². The number of hydrogen-bond acceptors (Lipinski definition) is 3. The molecule has 0 atom stereocenters. The summed E-state index contributed by atoms with van der Waals surface area (Å²) in [5.74, 6) is -0.284. The monoisotopic (exact) mass is 276 g/mol. The number of rotatable bonds is 2. The lowest BCUT2D eigenvalue weighted by Crippen LogP contribution is -2.12. The van der Waals surface area contributed by atoms with Crippen molar-refractivity contribution in [3.05, 3.63) is 52.5 Å². The first-order valence-electron chi connectivity index (χ1n) is 5.63. The number of nitrogen functional groups attached to an aromatic ring is 1. The van der Waals surface area contributed by atoms with E-state index in [0.717, 1.165) is 5.56 Å². The zero-order valence-corrected chi connectivity index (χ0v) is 11.0. The number of carbonyl (C=O) groups is 1. The second-order valence-corrected chi connectivity index (χ2v) is 4.60. The summed E-state index contributed by atoms with van der Waals surface area (Å²) in [6.07, 6.45) is 0. The number of nitrogens with two attached hydrogens (primary N) is 1. The first-order valence-corrected chi connectivity index (χ1v) is 6.01. The number of phenolic OH excluding ortho intramolecular Hbond substituents is 1. The highest BCUT2D eigenvalue weighted by molar-refractivity contribution is 6.32. The Labute approximate surface area is 115 Å². The van der Waals surface area contributed by atoms with Gasteiger partial charge >= 0.3 is 0 Å². The first-order chi connectivity index (χ1) is 8.97. The third-order valence-corrected chi connectivity index (χ3v) is 3.04. The van der Waals surface area contributed by atoms with Gasteiger partial charge in [-0.1, -0.05) is 11.6 Å². The lowest BCUT2D eigenvalue weighted by molar-refractivity contribution is 0.102. The highest BCUT2D eigenvalue weighted by Crippen LogP contribution is 2.26. The summed E-state index contributed by atoms with van der Waals surface area (Å²) >= 11 is 5.77. The summed E-state index contributed by atoms with van der Waals surface area (Å²) in [6.45, 7) is 1.84. The van der Waals surface area contributed by atoms with Crippen LogP contribution in [-0.2, 0) is 0 Å². The predicted octanol–water partition coefficient (Wildman–Crippen LogP) is 3.19. The van der Waals surface area contributed by atoms with E-state index < -0.39 is 0 Å². The number of phenols is 1. The van der Waals surface area contributed by atoms with Crippen molar-refractivity contribution in [3.8, 4) is 5.75 Å². The molecule has 98 valence electrons. The molecule has 4 N–H and O–H groups in total. The van der Waals surface area contributed by atoms with Crippen LogP contribution in [0.1, 0.15) is 15.9 Å². The van der Waals surface area contributed by atoms with E-state index in [2.05, 4.69) is 5.32 Å². The van der Waals surface area contributed by atoms with Gasteiger partial charge in [0.2, 0.25) is 0 Å². The van der Waals surface area contributed by atoms with Crippen LogP contribution in [0.2, 0.25) is 5.02 Å². The van der Waals surface area contributed by atoms with Gasteiger partial charge in [0.25, 0.3) is 5.91 Å². The van der Waals surface area contributed by atoms with Gasteiger partial charge < -0.3 is 16.2 Å². The van der Waals surface area contributed by atoms with Crippen LogP contribution in [0.3, 0.4) is 0 Å². The molecule has 0 aliphatic heterocycles. The number of anilines is 2. The van der Waals surface area contributed by atoms with Crippen molar-refractivity contribution < 1.29 is 9.90 Å². The maximum absolute atomic E-state index is 12.0. The molecule has 0 saturated heterocycles. The molecule has 1 amide bonds. The van der Waals surface area contributed by atoms with Gasteiger partial charge in [0.05, 0.1) is 5.02 Å². The Morgan fingerprint density at radius 2 is 2.00 bits per heavy atom. The molecule has 0 fully saturated rings. The summed E-state index contributed by atoms with van der Waals surface area (Å²) in [4.78, 5) is 12.0. The molecule has 0 saturated carbocycles. The Morgan fingerprint density at radius 3 is 2.63 bits per heavy atom. The fourth-order valence-electron chi connectivity index (χ4n) is 1.60. The topological polar surface area (TPSA) is 75.3 Å². The second kappa shape index (κ2) is 5.20. The summed E-state index contributed by atoms with van der Waals surface area (Å²) in [5, 5.41) is 12.2. The molecule has 4 nitrogen and oxygen atoms in total. The molecule has 0 aliphatic carbocycles. The largest absolute Gasteiger partial charge is 0.506 e. The van der Waals surface area contributed by atoms with Gasteiger partial charge in [-0.05, 0) is 48.9 Å². The molecule has 2 aromatic carbocycles. The number of nitrogens with one attached hydrogen (secondary N) is 1. The van der Waals surface area contributed by atoms with E-state index in [-0.39, 0.29) is 16.7 Å². The lowest BCUT2D eigenvalue weighted by atomic mass is 10.1. The van der Waals surface area contributed by atoms with E-state index in [1.165, 1.54) is 12.1 Å². The molecule has 0 aromatic heterocycles. The van der Waals surface area contributed by atoms with Crippen molar-refractivity contribution in [2.45, 2.75) is 6.92 Å². The van der Waals surface area contributed by atoms with E-state index in [0.29, 0.717) is 16.9 Å². The summed E-state index contributed by atoms with van der Waals surface area (Å²) in [7, 11) is 0. The van der Waals surface area contributed by atoms with Gasteiger partial charge in [0.1, 0.15) is 5.75 Å². The quantitative estimate of drug-likeness (QED) is 0.582. The third kappa shape index (κ3) is 2.98. The van der Waals surface area contributed by atoms with Crippen LogP contribution >= 0.6 is 11.6 Å². The van der Waals surface area contributed by atoms with E-state index in [1.54, 1.807) is 24.3 Å². The minimum absolute atomic E-state index is 0.0250. The molecule has 0 spiro atoms. The first kappa shape index (κ1) is 13.2. The van der Waals surface area contributed by atoms with Gasteiger partial charge in [-0.3, -0.25) is 4.79 Å². The normalized spacial score (nSPS) is 10.2. The zero-order valence-electron chi connectivity index (χ0n) is 10.3. The Balaban J connectivity index is 2.20. The standard InChI is InChI=1S/C14H13ClN2O2/c1-8-6-9(2-4-12(8)16)14(19)17-10-3-5-13(18)11(15)7-10/h2-7,18H,16H2,1H3,(H,17,19). The van der Waals surface area contributed by atoms with E-state index in [1.807, 2.05) is 6.92 Å². The van der Waals surface area contributed by atoms with Crippen molar-refractivity contribution in [1.29, 1.82) is 0 Å². The molecular formula is C14H13ClN2O2. The van der Waals surface area contributed by atoms with Gasteiger partial charge in [0, 0.05) is 16.9 Å². The minimum atomic E-state index is -0.259. The maximum Gasteiger partial charge on any atom is 0.255 e. The Hall–Kier alpha value is -2.20. The van der Waals surface area contributed by atoms with Crippen LogP contribution in [-0.4, -0.2) is 11.0 Å². The molecular weight excluding hydrogens is 264 g/mol. The lowest BCUT2D eigenvalue weighted by Gasteiger charge is -2.08. The molecule has 0 heterocycles. The van der Waals surface area contributed by atoms with Crippen LogP contribution in [0.15, 0.2) is 36.4 Å². The number of carbonyl (C=O) groups excluding carboxylic acids is 1. The van der Waals surface area contributed by atoms with Crippen molar-refractivity contribution in [3.63, 3.8) is 0 Å². The van der Waals surface area contributed by atoms with E-state index >= 15 is 0 Å². The minimum Gasteiger partial charge on any atom is -0.506 e. The van der Waals surface area contributed by atoms with Gasteiger partial charge in [-0.2, -0.15) is 0 Å². The summed E-state index contributed by atoms with van der Waals surface area (Å²) in [5.41, 5.74) is 8.21. The van der Waals surface area contributed by atoms with Gasteiger partial charge in [-0.25, -0.2) is 0 Å².